The average molecular weight is 699 g/mol. The molecule has 4 aliphatic rings. The molecule has 2 amide bonds. The van der Waals surface area contributed by atoms with Gasteiger partial charge in [0, 0.05) is 57.2 Å². The topological polar surface area (TPSA) is 147 Å². The first-order valence-electron chi connectivity index (χ1n) is 17.4. The van der Waals surface area contributed by atoms with Gasteiger partial charge < -0.3 is 34.5 Å². The van der Waals surface area contributed by atoms with Crippen LogP contribution in [0.5, 0.6) is 5.75 Å². The molecule has 1 spiro atoms. The molecule has 12 heteroatoms. The maximum absolute atomic E-state index is 14.1. The predicted octanol–water partition coefficient (Wildman–Crippen LogP) is 7.53. The van der Waals surface area contributed by atoms with Crippen molar-refractivity contribution in [3.63, 3.8) is 0 Å². The summed E-state index contributed by atoms with van der Waals surface area (Å²) in [6.45, 7) is 6.03. The molecule has 4 aliphatic heterocycles. The third-order valence-corrected chi connectivity index (χ3v) is 11.6. The number of oxazole rings is 2. The molecular formula is C39H34N6O5S. The fraction of sp³-hybridized carbons (Fsp3) is 0.282. The van der Waals surface area contributed by atoms with Crippen molar-refractivity contribution in [2.24, 2.45) is 5.92 Å². The predicted molar refractivity (Wildman–Crippen MR) is 194 cm³/mol. The molecule has 11 nitrogen and oxygen atoms in total. The lowest BCUT2D eigenvalue weighted by molar-refractivity contribution is -0.124. The third-order valence-electron chi connectivity index (χ3n) is 10.6. The van der Waals surface area contributed by atoms with Gasteiger partial charge in [-0.05, 0) is 35.6 Å². The molecule has 10 bridgehead atoms. The van der Waals surface area contributed by atoms with Gasteiger partial charge in [-0.15, -0.1) is 0 Å². The highest BCUT2D eigenvalue weighted by atomic mass is 32.2. The zero-order valence-corrected chi connectivity index (χ0v) is 28.9. The molecule has 0 saturated carbocycles. The van der Waals surface area contributed by atoms with Crippen molar-refractivity contribution in [2.75, 3.05) is 11.1 Å². The molecule has 7 heterocycles. The SMILES string of the molecule is CCCSC(=O)N[C@H]1Cc2ccc3c(c2)C24c5cccc(c5NC2O3)-c2cccc3[nH]cc(c23)-c2cnc(o2)-c2nc(oc24)[C@H](C(C)C)NC1=O. The van der Waals surface area contributed by atoms with Gasteiger partial charge in [-0.2, -0.15) is 0 Å². The molecule has 2 unspecified atom stereocenters. The zero-order chi connectivity index (χ0) is 34.6. The van der Waals surface area contributed by atoms with Crippen LogP contribution in [-0.2, 0) is 16.6 Å². The van der Waals surface area contributed by atoms with Crippen molar-refractivity contribution in [3.05, 3.63) is 95.3 Å². The Morgan fingerprint density at radius 3 is 2.78 bits per heavy atom. The largest absolute Gasteiger partial charge is 0.469 e. The molecule has 10 rings (SSSR count). The number of fused-ring (bicyclic) bond motifs is 7. The van der Waals surface area contributed by atoms with E-state index in [1.807, 2.05) is 45.2 Å². The molecule has 4 atom stereocenters. The van der Waals surface area contributed by atoms with Crippen LogP contribution in [0.1, 0.15) is 61.6 Å². The fourth-order valence-electron chi connectivity index (χ4n) is 8.24. The first kappa shape index (κ1) is 30.3. The van der Waals surface area contributed by atoms with Crippen LogP contribution in [0.25, 0.3) is 44.9 Å². The minimum atomic E-state index is -1.01. The monoisotopic (exact) mass is 698 g/mol. The van der Waals surface area contributed by atoms with Gasteiger partial charge in [0.2, 0.25) is 17.7 Å². The maximum Gasteiger partial charge on any atom is 0.279 e. The standard InChI is InChI=1S/C39H34N6O5S/c1-4-13-51-38(47)42-26-15-19-11-12-27-24(14-19)39-23-9-5-8-21(31(23)45-37(39)49-27)20-7-6-10-25-29(20)22(16-40-25)28-17-41-35(48-28)32-33(39)50-36(44-32)30(18(2)3)43-34(26)46/h5-12,14,16-18,26,30,37,40,45H,4,13,15H2,1-3H3,(H,42,47)(H,43,46)/t26-,30-,37?,39?/m0/s1. The summed E-state index contributed by atoms with van der Waals surface area (Å²) >= 11 is 1.18. The van der Waals surface area contributed by atoms with Gasteiger partial charge in [0.05, 0.1) is 6.20 Å². The Morgan fingerprint density at radius 2 is 1.92 bits per heavy atom. The van der Waals surface area contributed by atoms with Crippen molar-refractivity contribution < 1.29 is 23.2 Å². The zero-order valence-electron chi connectivity index (χ0n) is 28.1. The first-order chi connectivity index (χ1) is 24.8. The number of H-pyrrole nitrogens is 1. The summed E-state index contributed by atoms with van der Waals surface area (Å²) in [7, 11) is 0. The number of para-hydroxylation sites is 1. The summed E-state index contributed by atoms with van der Waals surface area (Å²) < 4.78 is 20.4. The Hall–Kier alpha value is -5.49. The summed E-state index contributed by atoms with van der Waals surface area (Å²) in [5.74, 6) is 2.64. The Balaban J connectivity index is 1.28. The summed E-state index contributed by atoms with van der Waals surface area (Å²) in [6, 6.07) is 17.1. The molecule has 3 aromatic carbocycles. The van der Waals surface area contributed by atoms with Crippen molar-refractivity contribution in [3.8, 4) is 39.8 Å². The fourth-order valence-corrected chi connectivity index (χ4v) is 8.85. The molecular weight excluding hydrogens is 665 g/mol. The smallest absolute Gasteiger partial charge is 0.279 e. The van der Waals surface area contributed by atoms with Crippen LogP contribution in [0.4, 0.5) is 10.5 Å². The van der Waals surface area contributed by atoms with E-state index in [0.29, 0.717) is 40.5 Å². The van der Waals surface area contributed by atoms with Gasteiger partial charge >= 0.3 is 0 Å². The molecule has 256 valence electrons. The van der Waals surface area contributed by atoms with Crippen LogP contribution in [0.15, 0.2) is 75.8 Å². The average Bonchev–Trinajstić information content (AvgIpc) is 3.95. The molecule has 6 aromatic rings. The number of amides is 2. The highest BCUT2D eigenvalue weighted by Crippen LogP contribution is 2.61. The molecule has 4 N–H and O–H groups in total. The Kier molecular flexibility index (Phi) is 6.55. The van der Waals surface area contributed by atoms with E-state index >= 15 is 0 Å². The quantitative estimate of drug-likeness (QED) is 0.147. The molecule has 0 saturated heterocycles. The molecule has 0 radical (unpaired) electrons. The number of aromatic nitrogens is 3. The number of ether oxygens (including phenoxy) is 1. The van der Waals surface area contributed by atoms with E-state index in [9.17, 15) is 9.59 Å². The van der Waals surface area contributed by atoms with Gasteiger partial charge in [0.15, 0.2) is 23.4 Å². The van der Waals surface area contributed by atoms with Gasteiger partial charge in [0.1, 0.15) is 23.2 Å². The normalized spacial score (nSPS) is 22.0. The van der Waals surface area contributed by atoms with E-state index in [4.69, 9.17) is 23.5 Å². The van der Waals surface area contributed by atoms with Crippen LogP contribution in [0.3, 0.4) is 0 Å². The maximum atomic E-state index is 14.1. The summed E-state index contributed by atoms with van der Waals surface area (Å²) in [5, 5.41) is 10.7. The number of nitrogens with zero attached hydrogens (tertiary/aromatic N) is 2. The molecule has 51 heavy (non-hydrogen) atoms. The number of anilines is 1. The van der Waals surface area contributed by atoms with E-state index in [0.717, 1.165) is 56.4 Å². The molecule has 0 aliphatic carbocycles. The van der Waals surface area contributed by atoms with E-state index < -0.39 is 23.7 Å². The van der Waals surface area contributed by atoms with Gasteiger partial charge in [-0.25, -0.2) is 9.97 Å². The number of carbonyl (C=O) groups excluding carboxylic acids is 2. The van der Waals surface area contributed by atoms with E-state index in [1.165, 1.54) is 11.8 Å². The highest BCUT2D eigenvalue weighted by molar-refractivity contribution is 8.13. The third kappa shape index (κ3) is 4.25. The number of nitrogens with one attached hydrogen (secondary N) is 4. The lowest BCUT2D eigenvalue weighted by Crippen LogP contribution is -2.48. The second-order valence-corrected chi connectivity index (χ2v) is 15.0. The van der Waals surface area contributed by atoms with Gasteiger partial charge in [-0.1, -0.05) is 75.0 Å². The highest BCUT2D eigenvalue weighted by Gasteiger charge is 2.61. The van der Waals surface area contributed by atoms with E-state index in [-0.39, 0.29) is 23.5 Å². The summed E-state index contributed by atoms with van der Waals surface area (Å²) in [4.78, 5) is 40.5. The number of rotatable bonds is 4. The first-order valence-corrected chi connectivity index (χ1v) is 18.4. The van der Waals surface area contributed by atoms with Crippen LogP contribution in [0, 0.1) is 5.92 Å². The van der Waals surface area contributed by atoms with Crippen molar-refractivity contribution >= 4 is 39.5 Å². The number of hydrogen-bond acceptors (Lipinski definition) is 9. The van der Waals surface area contributed by atoms with Crippen molar-refractivity contribution in [2.45, 2.75) is 57.3 Å². The minimum absolute atomic E-state index is 0.117. The van der Waals surface area contributed by atoms with Crippen molar-refractivity contribution in [1.82, 2.24) is 25.6 Å². The summed E-state index contributed by atoms with van der Waals surface area (Å²) in [6.07, 6.45) is 4.20. The lowest BCUT2D eigenvalue weighted by Gasteiger charge is -2.28. The van der Waals surface area contributed by atoms with Crippen LogP contribution in [-0.4, -0.2) is 44.1 Å². The van der Waals surface area contributed by atoms with Crippen LogP contribution >= 0.6 is 11.8 Å². The van der Waals surface area contributed by atoms with Crippen molar-refractivity contribution in [1.29, 1.82) is 0 Å². The Morgan fingerprint density at radius 1 is 1.06 bits per heavy atom. The number of hydrogen-bond donors (Lipinski definition) is 4. The number of carbonyl (C=O) groups is 2. The summed E-state index contributed by atoms with van der Waals surface area (Å²) in [5.41, 5.74) is 6.96. The second kappa shape index (κ2) is 11.0. The van der Waals surface area contributed by atoms with Crippen LogP contribution in [0.2, 0.25) is 0 Å². The number of benzene rings is 3. The minimum Gasteiger partial charge on any atom is -0.469 e. The second-order valence-electron chi connectivity index (χ2n) is 14.0. The molecule has 0 fully saturated rings. The number of thioether (sulfide) groups is 1. The van der Waals surface area contributed by atoms with Gasteiger partial charge in [-0.3, -0.25) is 9.59 Å². The van der Waals surface area contributed by atoms with Gasteiger partial charge in [0.25, 0.3) is 5.24 Å². The van der Waals surface area contributed by atoms with E-state index in [2.05, 4.69) is 57.3 Å². The number of aromatic amines is 1. The molecule has 3 aromatic heterocycles. The van der Waals surface area contributed by atoms with E-state index in [1.54, 1.807) is 6.20 Å². The van der Waals surface area contributed by atoms with Crippen LogP contribution < -0.4 is 20.7 Å². The lowest BCUT2D eigenvalue weighted by atomic mass is 9.72. The Bertz CT molecular complexity index is 2430. The Labute approximate surface area is 297 Å².